The van der Waals surface area contributed by atoms with E-state index in [1.54, 1.807) is 7.11 Å². The number of ether oxygens (including phenoxy) is 2. The zero-order valence-electron chi connectivity index (χ0n) is 12.8. The number of methoxy groups -OCH3 is 1. The highest BCUT2D eigenvalue weighted by atomic mass is 16.5. The number of aliphatic hydroxyl groups is 1. The van der Waals surface area contributed by atoms with Crippen molar-refractivity contribution < 1.29 is 19.4 Å². The van der Waals surface area contributed by atoms with Crippen LogP contribution in [-0.2, 0) is 9.53 Å². The molecular formula is C16H23NO4. The summed E-state index contributed by atoms with van der Waals surface area (Å²) in [5, 5.41) is 13.2. The summed E-state index contributed by atoms with van der Waals surface area (Å²) >= 11 is 0. The van der Waals surface area contributed by atoms with Gasteiger partial charge in [0.2, 0.25) is 5.91 Å². The van der Waals surface area contributed by atoms with Gasteiger partial charge in [0.05, 0.1) is 19.3 Å². The van der Waals surface area contributed by atoms with E-state index < -0.39 is 6.10 Å². The van der Waals surface area contributed by atoms with E-state index in [4.69, 9.17) is 9.47 Å². The Bertz CT molecular complexity index is 515. The fourth-order valence-corrected chi connectivity index (χ4v) is 2.63. The average Bonchev–Trinajstić information content (AvgIpc) is 2.47. The van der Waals surface area contributed by atoms with Crippen LogP contribution in [0.5, 0.6) is 5.75 Å². The van der Waals surface area contributed by atoms with Crippen molar-refractivity contribution in [3.05, 3.63) is 28.8 Å². The molecule has 0 saturated heterocycles. The van der Waals surface area contributed by atoms with Crippen LogP contribution in [0.15, 0.2) is 12.1 Å². The van der Waals surface area contributed by atoms with E-state index in [1.807, 2.05) is 26.0 Å². The second-order valence-corrected chi connectivity index (χ2v) is 5.35. The lowest BCUT2D eigenvalue weighted by Crippen LogP contribution is -2.32. The minimum atomic E-state index is -0.732. The van der Waals surface area contributed by atoms with Gasteiger partial charge in [-0.3, -0.25) is 4.79 Å². The maximum absolute atomic E-state index is 11.7. The predicted octanol–water partition coefficient (Wildman–Crippen LogP) is 2.02. The van der Waals surface area contributed by atoms with Crippen LogP contribution < -0.4 is 10.1 Å². The van der Waals surface area contributed by atoms with E-state index in [-0.39, 0.29) is 18.6 Å². The molecule has 21 heavy (non-hydrogen) atoms. The standard InChI is InChI=1S/C16H23NO4/c1-4-15(19)17-13-5-6-21-16-11(13)7-10(2)8-12(16)14(18)9-20-3/h7-8,13-14,18H,4-6,9H2,1-3H3,(H,17,19). The van der Waals surface area contributed by atoms with Crippen LogP contribution in [0.1, 0.15) is 48.6 Å². The van der Waals surface area contributed by atoms with Gasteiger partial charge in [-0.25, -0.2) is 0 Å². The number of rotatable bonds is 5. The molecule has 0 aliphatic carbocycles. The fourth-order valence-electron chi connectivity index (χ4n) is 2.63. The molecule has 2 atom stereocenters. The summed E-state index contributed by atoms with van der Waals surface area (Å²) in [6.07, 6.45) is 0.462. The van der Waals surface area contributed by atoms with Crippen LogP contribution >= 0.6 is 0 Å². The lowest BCUT2D eigenvalue weighted by Gasteiger charge is -2.30. The summed E-state index contributed by atoms with van der Waals surface area (Å²) in [6, 6.07) is 3.86. The number of nitrogens with one attached hydrogen (secondary N) is 1. The number of benzene rings is 1. The molecule has 1 amide bonds. The van der Waals surface area contributed by atoms with Crippen LogP contribution in [0.3, 0.4) is 0 Å². The number of amides is 1. The molecule has 2 rings (SSSR count). The second-order valence-electron chi connectivity index (χ2n) is 5.35. The van der Waals surface area contributed by atoms with Crippen molar-refractivity contribution in [3.63, 3.8) is 0 Å². The van der Waals surface area contributed by atoms with Gasteiger partial charge >= 0.3 is 0 Å². The number of carbonyl (C=O) groups is 1. The molecular weight excluding hydrogens is 270 g/mol. The molecule has 0 radical (unpaired) electrons. The van der Waals surface area contributed by atoms with E-state index in [9.17, 15) is 9.90 Å². The highest BCUT2D eigenvalue weighted by Gasteiger charge is 2.27. The number of fused-ring (bicyclic) bond motifs is 1. The van der Waals surface area contributed by atoms with Crippen LogP contribution in [0.25, 0.3) is 0 Å². The Morgan fingerprint density at radius 2 is 2.33 bits per heavy atom. The van der Waals surface area contributed by atoms with E-state index in [0.717, 1.165) is 23.1 Å². The van der Waals surface area contributed by atoms with Crippen LogP contribution in [0.2, 0.25) is 0 Å². The molecule has 2 N–H and O–H groups in total. The number of carbonyl (C=O) groups excluding carboxylic acids is 1. The van der Waals surface area contributed by atoms with Crippen molar-refractivity contribution >= 4 is 5.91 Å². The van der Waals surface area contributed by atoms with Crippen LogP contribution in [-0.4, -0.2) is 31.3 Å². The second kappa shape index (κ2) is 6.91. The maximum Gasteiger partial charge on any atom is 0.220 e. The monoisotopic (exact) mass is 293 g/mol. The van der Waals surface area contributed by atoms with Gasteiger partial charge < -0.3 is 19.9 Å². The van der Waals surface area contributed by atoms with Crippen molar-refractivity contribution in [2.24, 2.45) is 0 Å². The van der Waals surface area contributed by atoms with Crippen LogP contribution in [0, 0.1) is 6.92 Å². The van der Waals surface area contributed by atoms with Gasteiger partial charge in [0, 0.05) is 31.1 Å². The summed E-state index contributed by atoms with van der Waals surface area (Å²) in [6.45, 7) is 4.54. The van der Waals surface area contributed by atoms with Gasteiger partial charge in [-0.05, 0) is 13.0 Å². The van der Waals surface area contributed by atoms with Crippen molar-refractivity contribution in [2.75, 3.05) is 20.3 Å². The van der Waals surface area contributed by atoms with E-state index >= 15 is 0 Å². The predicted molar refractivity (Wildman–Crippen MR) is 79.3 cm³/mol. The topological polar surface area (TPSA) is 67.8 Å². The van der Waals surface area contributed by atoms with Crippen molar-refractivity contribution in [3.8, 4) is 5.75 Å². The minimum absolute atomic E-state index is 0.0216. The zero-order valence-corrected chi connectivity index (χ0v) is 12.8. The molecule has 1 aliphatic rings. The molecule has 1 aromatic carbocycles. The number of hydrogen-bond acceptors (Lipinski definition) is 4. The average molecular weight is 293 g/mol. The lowest BCUT2D eigenvalue weighted by atomic mass is 9.93. The molecule has 1 aliphatic heterocycles. The molecule has 2 unspecified atom stereocenters. The normalized spacial score (nSPS) is 18.6. The Morgan fingerprint density at radius 1 is 1.57 bits per heavy atom. The van der Waals surface area contributed by atoms with Gasteiger partial charge in [-0.1, -0.05) is 18.6 Å². The quantitative estimate of drug-likeness (QED) is 0.871. The summed E-state index contributed by atoms with van der Waals surface area (Å²) in [5.74, 6) is 0.700. The first kappa shape index (κ1) is 15.8. The largest absolute Gasteiger partial charge is 0.493 e. The summed E-state index contributed by atoms with van der Waals surface area (Å²) in [5.41, 5.74) is 2.69. The van der Waals surface area contributed by atoms with Gasteiger partial charge in [0.25, 0.3) is 0 Å². The van der Waals surface area contributed by atoms with Gasteiger partial charge in [-0.15, -0.1) is 0 Å². The molecule has 0 spiro atoms. The number of aryl methyl sites for hydroxylation is 1. The molecule has 0 bridgehead atoms. The Balaban J connectivity index is 2.37. The van der Waals surface area contributed by atoms with Crippen LogP contribution in [0.4, 0.5) is 0 Å². The molecule has 1 aromatic rings. The molecule has 0 fully saturated rings. The first-order valence-corrected chi connectivity index (χ1v) is 7.30. The first-order valence-electron chi connectivity index (χ1n) is 7.30. The Kier molecular flexibility index (Phi) is 5.20. The molecule has 0 saturated carbocycles. The highest BCUT2D eigenvalue weighted by Crippen LogP contribution is 2.38. The van der Waals surface area contributed by atoms with Gasteiger partial charge in [-0.2, -0.15) is 0 Å². The van der Waals surface area contributed by atoms with Crippen molar-refractivity contribution in [2.45, 2.75) is 38.8 Å². The van der Waals surface area contributed by atoms with E-state index in [1.165, 1.54) is 0 Å². The summed E-state index contributed by atoms with van der Waals surface area (Å²) in [4.78, 5) is 11.7. The smallest absolute Gasteiger partial charge is 0.220 e. The summed E-state index contributed by atoms with van der Waals surface area (Å²) < 4.78 is 10.8. The summed E-state index contributed by atoms with van der Waals surface area (Å²) in [7, 11) is 1.55. The lowest BCUT2D eigenvalue weighted by molar-refractivity contribution is -0.121. The fraction of sp³-hybridized carbons (Fsp3) is 0.562. The zero-order chi connectivity index (χ0) is 15.4. The molecule has 5 heteroatoms. The van der Waals surface area contributed by atoms with Crippen molar-refractivity contribution in [1.82, 2.24) is 5.32 Å². The number of hydrogen-bond donors (Lipinski definition) is 2. The van der Waals surface area contributed by atoms with Crippen molar-refractivity contribution in [1.29, 1.82) is 0 Å². The molecule has 5 nitrogen and oxygen atoms in total. The molecule has 1 heterocycles. The highest BCUT2D eigenvalue weighted by molar-refractivity contribution is 5.76. The molecule has 116 valence electrons. The van der Waals surface area contributed by atoms with Gasteiger partial charge in [0.15, 0.2) is 0 Å². The maximum atomic E-state index is 11.7. The SMILES string of the molecule is CCC(=O)NC1CCOc2c(C(O)COC)cc(C)cc21. The Morgan fingerprint density at radius 3 is 3.00 bits per heavy atom. The Hall–Kier alpha value is -1.59. The van der Waals surface area contributed by atoms with E-state index in [2.05, 4.69) is 5.32 Å². The Labute approximate surface area is 125 Å². The first-order chi connectivity index (χ1) is 10.1. The molecule has 0 aromatic heterocycles. The third-order valence-corrected chi connectivity index (χ3v) is 3.66. The van der Waals surface area contributed by atoms with E-state index in [0.29, 0.717) is 18.8 Å². The number of aliphatic hydroxyl groups excluding tert-OH is 1. The third kappa shape index (κ3) is 3.54. The van der Waals surface area contributed by atoms with Gasteiger partial charge in [0.1, 0.15) is 11.9 Å². The third-order valence-electron chi connectivity index (χ3n) is 3.66. The minimum Gasteiger partial charge on any atom is -0.493 e.